The lowest BCUT2D eigenvalue weighted by Crippen LogP contribution is -2.36. The standard InChI is InChI=1S/C14H23NO4/c1-3-7-18-12-13(16)10-15(6-9-17-2)11-14-5-4-8-19-14/h3-5,8,13,16H,1,6-7,9-12H2,2H3/t13-/m1/s1. The van der Waals surface area contributed by atoms with Gasteiger partial charge < -0.3 is 19.0 Å². The molecule has 1 N–H and O–H groups in total. The summed E-state index contributed by atoms with van der Waals surface area (Å²) in [7, 11) is 1.66. The van der Waals surface area contributed by atoms with Crippen LogP contribution in [-0.2, 0) is 16.0 Å². The molecule has 1 rings (SSSR count). The van der Waals surface area contributed by atoms with Gasteiger partial charge in [-0.2, -0.15) is 0 Å². The van der Waals surface area contributed by atoms with E-state index < -0.39 is 6.10 Å². The molecule has 1 atom stereocenters. The lowest BCUT2D eigenvalue weighted by Gasteiger charge is -2.23. The molecule has 0 saturated carbocycles. The van der Waals surface area contributed by atoms with E-state index in [2.05, 4.69) is 11.5 Å². The number of nitrogens with zero attached hydrogens (tertiary/aromatic N) is 1. The SMILES string of the molecule is C=CCOC[C@H](O)CN(CCOC)Cc1ccco1. The van der Waals surface area contributed by atoms with E-state index in [0.29, 0.717) is 32.9 Å². The van der Waals surface area contributed by atoms with Gasteiger partial charge in [-0.05, 0) is 12.1 Å². The Hall–Kier alpha value is -1.14. The Morgan fingerprint density at radius 3 is 3.05 bits per heavy atom. The van der Waals surface area contributed by atoms with Crippen LogP contribution in [-0.4, -0.2) is 56.1 Å². The van der Waals surface area contributed by atoms with Gasteiger partial charge in [0.1, 0.15) is 5.76 Å². The monoisotopic (exact) mass is 269 g/mol. The molecular formula is C14H23NO4. The van der Waals surface area contributed by atoms with Crippen molar-refractivity contribution in [2.75, 3.05) is 40.0 Å². The van der Waals surface area contributed by atoms with Crippen LogP contribution < -0.4 is 0 Å². The lowest BCUT2D eigenvalue weighted by molar-refractivity contribution is 0.0180. The molecule has 1 heterocycles. The Morgan fingerprint density at radius 2 is 2.42 bits per heavy atom. The number of rotatable bonds is 11. The Kier molecular flexibility index (Phi) is 8.16. The minimum absolute atomic E-state index is 0.299. The van der Waals surface area contributed by atoms with Crippen LogP contribution in [0.4, 0.5) is 0 Å². The molecule has 0 unspecified atom stereocenters. The number of hydrogen-bond donors (Lipinski definition) is 1. The molecule has 5 nitrogen and oxygen atoms in total. The van der Waals surface area contributed by atoms with Crippen molar-refractivity contribution in [2.45, 2.75) is 12.6 Å². The van der Waals surface area contributed by atoms with Gasteiger partial charge >= 0.3 is 0 Å². The van der Waals surface area contributed by atoms with Crippen molar-refractivity contribution >= 4 is 0 Å². The van der Waals surface area contributed by atoms with Crippen LogP contribution in [0.25, 0.3) is 0 Å². The molecule has 108 valence electrons. The molecule has 0 saturated heterocycles. The first-order valence-electron chi connectivity index (χ1n) is 6.36. The minimum Gasteiger partial charge on any atom is -0.468 e. The third-order valence-corrected chi connectivity index (χ3v) is 2.59. The molecular weight excluding hydrogens is 246 g/mol. The zero-order chi connectivity index (χ0) is 13.9. The normalized spacial score (nSPS) is 12.8. The molecule has 0 aliphatic heterocycles. The molecule has 5 heteroatoms. The number of aliphatic hydroxyl groups is 1. The summed E-state index contributed by atoms with van der Waals surface area (Å²) >= 11 is 0. The summed E-state index contributed by atoms with van der Waals surface area (Å²) in [6.45, 7) is 6.82. The predicted octanol–water partition coefficient (Wildman–Crippen LogP) is 1.29. The van der Waals surface area contributed by atoms with Crippen LogP contribution >= 0.6 is 0 Å². The van der Waals surface area contributed by atoms with Crippen molar-refractivity contribution in [3.05, 3.63) is 36.8 Å². The number of methoxy groups -OCH3 is 1. The average Bonchev–Trinajstić information content (AvgIpc) is 2.89. The van der Waals surface area contributed by atoms with Gasteiger partial charge in [-0.3, -0.25) is 4.90 Å². The van der Waals surface area contributed by atoms with Gasteiger partial charge in [-0.25, -0.2) is 0 Å². The zero-order valence-electron chi connectivity index (χ0n) is 11.5. The maximum absolute atomic E-state index is 9.90. The fourth-order valence-corrected chi connectivity index (χ4v) is 1.72. The van der Waals surface area contributed by atoms with Crippen molar-refractivity contribution < 1.29 is 19.0 Å². The highest BCUT2D eigenvalue weighted by atomic mass is 16.5. The molecule has 0 amide bonds. The highest BCUT2D eigenvalue weighted by Gasteiger charge is 2.13. The summed E-state index contributed by atoms with van der Waals surface area (Å²) in [6, 6.07) is 3.77. The third-order valence-electron chi connectivity index (χ3n) is 2.59. The minimum atomic E-state index is -0.535. The Morgan fingerprint density at radius 1 is 1.58 bits per heavy atom. The average molecular weight is 269 g/mol. The molecule has 1 aromatic heterocycles. The molecule has 0 aliphatic carbocycles. The van der Waals surface area contributed by atoms with Gasteiger partial charge in [0.25, 0.3) is 0 Å². The molecule has 0 aromatic carbocycles. The van der Waals surface area contributed by atoms with Crippen LogP contribution in [0.1, 0.15) is 5.76 Å². The number of aliphatic hydroxyl groups excluding tert-OH is 1. The van der Waals surface area contributed by atoms with E-state index in [0.717, 1.165) is 12.3 Å². The largest absolute Gasteiger partial charge is 0.468 e. The van der Waals surface area contributed by atoms with Crippen molar-refractivity contribution in [3.63, 3.8) is 0 Å². The van der Waals surface area contributed by atoms with E-state index in [4.69, 9.17) is 13.9 Å². The molecule has 0 fully saturated rings. The van der Waals surface area contributed by atoms with E-state index in [1.165, 1.54) is 0 Å². The Bertz CT molecular complexity index is 326. The summed E-state index contributed by atoms with van der Waals surface area (Å²) in [5.74, 6) is 0.871. The van der Waals surface area contributed by atoms with Crippen LogP contribution in [0.15, 0.2) is 35.5 Å². The van der Waals surface area contributed by atoms with Crippen molar-refractivity contribution in [1.82, 2.24) is 4.90 Å². The highest BCUT2D eigenvalue weighted by Crippen LogP contribution is 2.06. The first kappa shape index (κ1) is 15.9. The summed E-state index contributed by atoms with van der Waals surface area (Å²) in [6.07, 6.45) is 2.78. The highest BCUT2D eigenvalue weighted by molar-refractivity contribution is 4.97. The molecule has 0 bridgehead atoms. The van der Waals surface area contributed by atoms with E-state index >= 15 is 0 Å². The molecule has 0 spiro atoms. The van der Waals surface area contributed by atoms with Crippen LogP contribution in [0.2, 0.25) is 0 Å². The maximum atomic E-state index is 9.90. The molecule has 1 aromatic rings. The van der Waals surface area contributed by atoms with Gasteiger partial charge in [-0.1, -0.05) is 6.08 Å². The van der Waals surface area contributed by atoms with Crippen LogP contribution in [0.5, 0.6) is 0 Å². The van der Waals surface area contributed by atoms with E-state index in [-0.39, 0.29) is 0 Å². The second-order valence-corrected chi connectivity index (χ2v) is 4.29. The summed E-state index contributed by atoms with van der Waals surface area (Å²) in [5, 5.41) is 9.90. The van der Waals surface area contributed by atoms with E-state index in [1.54, 1.807) is 19.4 Å². The quantitative estimate of drug-likeness (QED) is 0.484. The molecule has 0 radical (unpaired) electrons. The van der Waals surface area contributed by atoms with Crippen molar-refractivity contribution in [1.29, 1.82) is 0 Å². The van der Waals surface area contributed by atoms with Gasteiger partial charge in [0.15, 0.2) is 0 Å². The number of furan rings is 1. The van der Waals surface area contributed by atoms with Crippen molar-refractivity contribution in [3.8, 4) is 0 Å². The van der Waals surface area contributed by atoms with E-state index in [9.17, 15) is 5.11 Å². The molecule has 0 aliphatic rings. The van der Waals surface area contributed by atoms with Gasteiger partial charge in [0, 0.05) is 20.2 Å². The fourth-order valence-electron chi connectivity index (χ4n) is 1.72. The van der Waals surface area contributed by atoms with Crippen molar-refractivity contribution in [2.24, 2.45) is 0 Å². The summed E-state index contributed by atoms with van der Waals surface area (Å²) in [4.78, 5) is 2.07. The molecule has 19 heavy (non-hydrogen) atoms. The second-order valence-electron chi connectivity index (χ2n) is 4.29. The number of hydrogen-bond acceptors (Lipinski definition) is 5. The first-order chi connectivity index (χ1) is 9.26. The zero-order valence-corrected chi connectivity index (χ0v) is 11.5. The van der Waals surface area contributed by atoms with E-state index in [1.807, 2.05) is 12.1 Å². The number of ether oxygens (including phenoxy) is 2. The second kappa shape index (κ2) is 9.75. The van der Waals surface area contributed by atoms with Gasteiger partial charge in [0.05, 0.1) is 38.7 Å². The first-order valence-corrected chi connectivity index (χ1v) is 6.36. The lowest BCUT2D eigenvalue weighted by atomic mass is 10.3. The maximum Gasteiger partial charge on any atom is 0.117 e. The van der Waals surface area contributed by atoms with Gasteiger partial charge in [0.2, 0.25) is 0 Å². The Labute approximate surface area is 114 Å². The predicted molar refractivity (Wildman–Crippen MR) is 72.9 cm³/mol. The van der Waals surface area contributed by atoms with Gasteiger partial charge in [-0.15, -0.1) is 6.58 Å². The fraction of sp³-hybridized carbons (Fsp3) is 0.571. The summed E-state index contributed by atoms with van der Waals surface area (Å²) < 4.78 is 15.6. The topological polar surface area (TPSA) is 55.1 Å². The van der Waals surface area contributed by atoms with Crippen LogP contribution in [0.3, 0.4) is 0 Å². The third kappa shape index (κ3) is 7.12. The van der Waals surface area contributed by atoms with Crippen LogP contribution in [0, 0.1) is 0 Å². The Balaban J connectivity index is 2.37. The summed E-state index contributed by atoms with van der Waals surface area (Å²) in [5.41, 5.74) is 0. The smallest absolute Gasteiger partial charge is 0.117 e.